The predicted octanol–water partition coefficient (Wildman–Crippen LogP) is 15.6. The fourth-order valence-corrected chi connectivity index (χ4v) is 8.81. The maximum Gasteiger partial charge on any atom is 0.216 e. The van der Waals surface area contributed by atoms with Crippen molar-refractivity contribution < 1.29 is 28.6 Å². The molecular weight excluding hydrogens is 987 g/mol. The average Bonchev–Trinajstić information content (AvgIpc) is 3.91. The van der Waals surface area contributed by atoms with Gasteiger partial charge in [-0.15, -0.1) is 54.1 Å². The van der Waals surface area contributed by atoms with Crippen LogP contribution in [0.25, 0.3) is 94.4 Å². The monoisotopic (exact) mass is 1040 g/mol. The topological polar surface area (TPSA) is 69.6 Å². The zero-order valence-electron chi connectivity index (χ0n) is 41.1. The minimum atomic E-state index is -2.27. The average molecular weight is 1040 g/mol. The third-order valence-corrected chi connectivity index (χ3v) is 12.1. The molecule has 0 aliphatic rings. The van der Waals surface area contributed by atoms with Crippen LogP contribution in [0.1, 0.15) is 86.8 Å². The Balaban J connectivity index is 0.000000296. The number of aryl methyl sites for hydroxylation is 1. The molecule has 0 bridgehead atoms. The van der Waals surface area contributed by atoms with E-state index in [1.54, 1.807) is 6.07 Å². The van der Waals surface area contributed by atoms with E-state index in [1.165, 1.54) is 22.3 Å². The van der Waals surface area contributed by atoms with Gasteiger partial charge in [0.05, 0.1) is 33.8 Å². The van der Waals surface area contributed by atoms with Crippen molar-refractivity contribution in [1.82, 2.24) is 24.5 Å². The molecular formula is C59H51IrN5O-2. The second-order valence-corrected chi connectivity index (χ2v) is 18.3. The molecule has 66 heavy (non-hydrogen) atoms. The van der Waals surface area contributed by atoms with Crippen molar-refractivity contribution in [1.29, 1.82) is 0 Å². The molecule has 329 valence electrons. The van der Waals surface area contributed by atoms with E-state index >= 15 is 0 Å². The largest absolute Gasteiger partial charge is 0.486 e. The Bertz CT molecular complexity index is 3640. The second kappa shape index (κ2) is 17.9. The summed E-state index contributed by atoms with van der Waals surface area (Å²) in [5.74, 6) is 1.93. The first kappa shape index (κ1) is 40.7. The van der Waals surface area contributed by atoms with E-state index in [0.29, 0.717) is 27.8 Å². The number of fused-ring (bicyclic) bond motifs is 7. The first-order chi connectivity index (χ1) is 32.7. The summed E-state index contributed by atoms with van der Waals surface area (Å²) in [5, 5.41) is 3.88. The molecule has 4 heterocycles. The number of imidazole rings is 1. The van der Waals surface area contributed by atoms with Crippen LogP contribution < -0.4 is 0 Å². The van der Waals surface area contributed by atoms with Crippen LogP contribution in [0.2, 0.25) is 0 Å². The Labute approximate surface area is 404 Å². The molecule has 7 aromatic carbocycles. The summed E-state index contributed by atoms with van der Waals surface area (Å²) < 4.78 is 33.8. The predicted molar refractivity (Wildman–Crippen MR) is 269 cm³/mol. The third kappa shape index (κ3) is 8.12. The minimum absolute atomic E-state index is 0. The van der Waals surface area contributed by atoms with Gasteiger partial charge < -0.3 is 8.98 Å². The zero-order valence-corrected chi connectivity index (χ0v) is 40.5. The zero-order chi connectivity index (χ0) is 47.5. The van der Waals surface area contributed by atoms with Gasteiger partial charge in [0.2, 0.25) is 5.71 Å². The van der Waals surface area contributed by atoms with Gasteiger partial charge in [0, 0.05) is 63.4 Å². The summed E-state index contributed by atoms with van der Waals surface area (Å²) >= 11 is 0. The van der Waals surface area contributed by atoms with Gasteiger partial charge in [-0.3, -0.25) is 15.0 Å². The number of rotatable bonds is 6. The van der Waals surface area contributed by atoms with Crippen molar-refractivity contribution in [3.05, 3.63) is 186 Å². The molecule has 6 nitrogen and oxygen atoms in total. The van der Waals surface area contributed by atoms with Crippen molar-refractivity contribution in [3.63, 3.8) is 0 Å². The molecule has 0 saturated carbocycles. The molecule has 0 fully saturated rings. The summed E-state index contributed by atoms with van der Waals surface area (Å²) in [6, 6.07) is 55.1. The van der Waals surface area contributed by atoms with Gasteiger partial charge in [-0.1, -0.05) is 126 Å². The molecule has 0 spiro atoms. The van der Waals surface area contributed by atoms with Gasteiger partial charge in [0.25, 0.3) is 0 Å². The van der Waals surface area contributed by atoms with E-state index < -0.39 is 6.85 Å². The molecule has 0 saturated heterocycles. The Morgan fingerprint density at radius 2 is 1.36 bits per heavy atom. The van der Waals surface area contributed by atoms with Crippen molar-refractivity contribution in [3.8, 4) is 39.6 Å². The number of para-hydroxylation sites is 2. The molecule has 0 atom stereocenters. The summed E-state index contributed by atoms with van der Waals surface area (Å²) in [6.45, 7) is 13.2. The van der Waals surface area contributed by atoms with E-state index in [9.17, 15) is 0 Å². The summed E-state index contributed by atoms with van der Waals surface area (Å²) in [5.41, 5.74) is 12.8. The molecule has 0 N–H and O–H groups in total. The maximum atomic E-state index is 8.27. The fraction of sp³-hybridized carbons (Fsp3) is 0.186. The Kier molecular flexibility index (Phi) is 11.0. The molecule has 0 aliphatic heterocycles. The fourth-order valence-electron chi connectivity index (χ4n) is 8.81. The van der Waals surface area contributed by atoms with E-state index in [-0.39, 0.29) is 37.4 Å². The molecule has 11 aromatic rings. The second-order valence-electron chi connectivity index (χ2n) is 18.3. The molecule has 0 unspecified atom stereocenters. The molecule has 1 radical (unpaired) electrons. The number of hydrogen-bond donors (Lipinski definition) is 0. The summed E-state index contributed by atoms with van der Waals surface area (Å²) in [7, 11) is 0. The summed E-state index contributed by atoms with van der Waals surface area (Å²) in [4.78, 5) is 19.2. The smallest absolute Gasteiger partial charge is 0.216 e. The number of pyridine rings is 1. The number of aromatic nitrogens is 5. The molecule has 0 amide bonds. The molecule has 0 aliphatic carbocycles. The van der Waals surface area contributed by atoms with Gasteiger partial charge in [0.15, 0.2) is 0 Å². The van der Waals surface area contributed by atoms with E-state index in [0.717, 1.165) is 66.7 Å². The van der Waals surface area contributed by atoms with Crippen molar-refractivity contribution in [2.45, 2.75) is 72.6 Å². The summed E-state index contributed by atoms with van der Waals surface area (Å²) in [6.07, 6.45) is 1.81. The van der Waals surface area contributed by atoms with Crippen LogP contribution in [-0.2, 0) is 25.5 Å². The quantitative estimate of drug-likeness (QED) is 0.123. The van der Waals surface area contributed by atoms with Crippen LogP contribution in [-0.4, -0.2) is 24.5 Å². The van der Waals surface area contributed by atoms with E-state index in [1.807, 2.05) is 85.1 Å². The van der Waals surface area contributed by atoms with Crippen LogP contribution in [0.4, 0.5) is 0 Å². The van der Waals surface area contributed by atoms with Crippen molar-refractivity contribution in [2.75, 3.05) is 0 Å². The third-order valence-electron chi connectivity index (χ3n) is 12.1. The Morgan fingerprint density at radius 3 is 2.08 bits per heavy atom. The first-order valence-corrected chi connectivity index (χ1v) is 22.3. The molecule has 4 aromatic heterocycles. The molecule has 11 rings (SSSR count). The standard InChI is InChI=1S/C45H36N3O.C14H15N2.Ir/c1-26(2)36-23-30(29-14-7-6-8-15-29)24-37(27(3)4)42(36)48-40-21-12-11-20-39(40)46-44(48)35-19-13-18-34-38-25-31-22-28(5)32-16-9-10-17-33(32)41(31)47-45(38)49-43(34)35;1-14(2,3)12-9-10-15-13(16-12)11-7-5-4-6-8-11;/h6-18,20-27H,1-5H3;4-7,9-10H,1-3H3;/q2*-1;/i5D3;;. The van der Waals surface area contributed by atoms with Crippen molar-refractivity contribution >= 4 is 54.8 Å². The number of nitrogens with zero attached hydrogens (tertiary/aromatic N) is 5. The van der Waals surface area contributed by atoms with Crippen LogP contribution in [0.5, 0.6) is 0 Å². The van der Waals surface area contributed by atoms with Crippen LogP contribution >= 0.6 is 0 Å². The SMILES string of the molecule is CC(C)(C)c1ccnc(-c2[c-]cccc2)n1.[2H]C([2H])([2H])c1cc2cc3c(nc2c2ccccc12)oc1c(-c2nc4ccccc4n2-c2c(C(C)C)cc(-c4ccccc4)cc2C(C)C)[c-]ccc13.[Ir]. The minimum Gasteiger partial charge on any atom is -0.486 e. The van der Waals surface area contributed by atoms with Crippen LogP contribution in [0.3, 0.4) is 0 Å². The van der Waals surface area contributed by atoms with Crippen LogP contribution in [0, 0.1) is 19.0 Å². The number of hydrogen-bond acceptors (Lipinski definition) is 5. The van der Waals surface area contributed by atoms with E-state index in [4.69, 9.17) is 18.5 Å². The van der Waals surface area contributed by atoms with Gasteiger partial charge in [0.1, 0.15) is 0 Å². The maximum absolute atomic E-state index is 8.27. The number of benzene rings is 7. The van der Waals surface area contributed by atoms with Crippen LogP contribution in [0.15, 0.2) is 156 Å². The van der Waals surface area contributed by atoms with Gasteiger partial charge in [-0.25, -0.2) is 4.98 Å². The van der Waals surface area contributed by atoms with E-state index in [2.05, 4.69) is 136 Å². The first-order valence-electron chi connectivity index (χ1n) is 23.8. The Hall–Kier alpha value is -6.79. The van der Waals surface area contributed by atoms with Gasteiger partial charge >= 0.3 is 0 Å². The molecule has 7 heteroatoms. The van der Waals surface area contributed by atoms with Crippen molar-refractivity contribution in [2.24, 2.45) is 0 Å². The van der Waals surface area contributed by atoms with Gasteiger partial charge in [-0.2, -0.15) is 0 Å². The number of furan rings is 1. The Morgan fingerprint density at radius 1 is 0.652 bits per heavy atom. The normalized spacial score (nSPS) is 12.7. The van der Waals surface area contributed by atoms with Gasteiger partial charge in [-0.05, 0) is 94.4 Å².